The summed E-state index contributed by atoms with van der Waals surface area (Å²) in [6.07, 6.45) is 98.2. The van der Waals surface area contributed by atoms with E-state index in [0.717, 1.165) is 180 Å². The van der Waals surface area contributed by atoms with Gasteiger partial charge >= 0.3 is 39.5 Å². The van der Waals surface area contributed by atoms with Crippen LogP contribution in [0.25, 0.3) is 0 Å². The van der Waals surface area contributed by atoms with E-state index in [4.69, 9.17) is 37.0 Å². The van der Waals surface area contributed by atoms with Crippen molar-refractivity contribution in [1.82, 2.24) is 0 Å². The molecule has 0 saturated carbocycles. The van der Waals surface area contributed by atoms with E-state index in [1.165, 1.54) is 0 Å². The summed E-state index contributed by atoms with van der Waals surface area (Å²) in [4.78, 5) is 73.1. The van der Waals surface area contributed by atoms with Crippen LogP contribution in [-0.4, -0.2) is 96.7 Å². The van der Waals surface area contributed by atoms with Crippen molar-refractivity contribution in [1.29, 1.82) is 0 Å². The standard InChI is InChI=1S/C89H140O17P2/c1-5-9-13-17-21-25-29-33-37-40-41-44-47-50-54-58-62-66-70-74-87(92)100-79-84(105-88(93)75-71-67-63-59-55-51-45-36-32-28-24-20-16-12-8-4)81-103-107(95,96)101-77-83(90)78-102-108(97,98)104-82-85(106-89(94)76-72-68-64-60-56-52-48-43-39-35-31-27-23-19-15-11-7-3)80-99-86(91)73-69-65-61-57-53-49-46-42-38-34-30-26-22-18-14-10-6-2/h9-16,21-28,33-39,41,44-46,48-49,52,57,60-61,64,83-85,90H,5-8,17-20,29-32,40,42-43,47,50-51,53-56,58-59,62-63,65-82H2,1-4H3,(H,95,96)(H,97,98)/b13-9-,14-10-,15-11-,16-12-,25-21-,26-22-,27-23-,28-24-,37-33-,38-34-,39-35-,44-41-,45-36-,49-46-,52-48-,61-57-,64-60-. The van der Waals surface area contributed by atoms with Gasteiger partial charge < -0.3 is 33.8 Å². The zero-order valence-corrected chi connectivity index (χ0v) is 68.2. The van der Waals surface area contributed by atoms with Gasteiger partial charge in [-0.3, -0.25) is 37.3 Å². The van der Waals surface area contributed by atoms with Crippen molar-refractivity contribution in [3.8, 4) is 0 Å². The van der Waals surface area contributed by atoms with Gasteiger partial charge in [0.05, 0.1) is 26.4 Å². The topological polar surface area (TPSA) is 237 Å². The average molecular weight is 1540 g/mol. The van der Waals surface area contributed by atoms with Crippen LogP contribution < -0.4 is 0 Å². The molecule has 0 aromatic carbocycles. The lowest BCUT2D eigenvalue weighted by atomic mass is 10.1. The molecule has 0 aromatic rings. The van der Waals surface area contributed by atoms with Crippen LogP contribution in [0.2, 0.25) is 0 Å². The minimum Gasteiger partial charge on any atom is -0.462 e. The number of hydrogen-bond acceptors (Lipinski definition) is 15. The Bertz CT molecular complexity index is 2860. The Labute approximate surface area is 652 Å². The van der Waals surface area contributed by atoms with Crippen molar-refractivity contribution >= 4 is 39.5 Å². The van der Waals surface area contributed by atoms with Gasteiger partial charge in [-0.2, -0.15) is 0 Å². The summed E-state index contributed by atoms with van der Waals surface area (Å²) < 4.78 is 68.5. The van der Waals surface area contributed by atoms with E-state index in [1.54, 1.807) is 0 Å². The predicted molar refractivity (Wildman–Crippen MR) is 445 cm³/mol. The number of phosphoric acid groups is 2. The molecule has 5 unspecified atom stereocenters. The molecule has 19 heteroatoms. The molecule has 0 aliphatic heterocycles. The molecule has 608 valence electrons. The van der Waals surface area contributed by atoms with E-state index in [1.807, 2.05) is 24.3 Å². The van der Waals surface area contributed by atoms with Crippen molar-refractivity contribution in [2.45, 2.75) is 290 Å². The molecule has 17 nitrogen and oxygen atoms in total. The third-order valence-electron chi connectivity index (χ3n) is 15.7. The Morgan fingerprint density at radius 1 is 0.259 bits per heavy atom. The molecule has 0 amide bonds. The summed E-state index contributed by atoms with van der Waals surface area (Å²) in [6, 6.07) is 0. The number of aliphatic hydroxyl groups excluding tert-OH is 1. The number of hydrogen-bond donors (Lipinski definition) is 3. The van der Waals surface area contributed by atoms with Gasteiger partial charge in [0, 0.05) is 25.7 Å². The number of rotatable bonds is 73. The average Bonchev–Trinajstić information content (AvgIpc) is 0.901. The molecule has 3 N–H and O–H groups in total. The van der Waals surface area contributed by atoms with Gasteiger partial charge in [0.1, 0.15) is 19.3 Å². The lowest BCUT2D eigenvalue weighted by Crippen LogP contribution is -2.30. The molecule has 0 rings (SSSR count). The Morgan fingerprint density at radius 3 is 0.741 bits per heavy atom. The summed E-state index contributed by atoms with van der Waals surface area (Å²) >= 11 is 0. The van der Waals surface area contributed by atoms with E-state index in [2.05, 4.69) is 210 Å². The molecule has 5 atom stereocenters. The quantitative estimate of drug-likeness (QED) is 0.0169. The van der Waals surface area contributed by atoms with Crippen molar-refractivity contribution in [2.24, 2.45) is 0 Å². The van der Waals surface area contributed by atoms with Gasteiger partial charge in [-0.15, -0.1) is 0 Å². The number of carbonyl (C=O) groups is 4. The molecule has 0 aliphatic rings. The second-order valence-corrected chi connectivity index (χ2v) is 28.7. The fourth-order valence-electron chi connectivity index (χ4n) is 9.77. The van der Waals surface area contributed by atoms with E-state index in [0.29, 0.717) is 38.5 Å². The van der Waals surface area contributed by atoms with Crippen LogP contribution in [0.3, 0.4) is 0 Å². The van der Waals surface area contributed by atoms with Gasteiger partial charge in [-0.05, 0) is 173 Å². The number of aliphatic hydroxyl groups is 1. The minimum absolute atomic E-state index is 0.00489. The van der Waals surface area contributed by atoms with Crippen LogP contribution in [0, 0.1) is 0 Å². The van der Waals surface area contributed by atoms with Gasteiger partial charge in [-0.25, -0.2) is 9.13 Å². The SMILES string of the molecule is CC/C=C\C/C=C\C/C=C\C/C=C\C/C=C\CCCC(=O)OCC(COP(=O)(O)OCC(O)COP(=O)(O)OCC(COC(=O)CCCCCCCC/C=C\C/C=C\C/C=C\C/C=C\CC)OC(=O)CCCCCCC/C=C\C/C=C\C/C=C\CC)OC(=O)CCC/C=C\C/C=C\C/C=C\C/C=C\C/C=C\CC. The number of ether oxygens (including phenoxy) is 4. The molecule has 108 heavy (non-hydrogen) atoms. The number of phosphoric ester groups is 2. The van der Waals surface area contributed by atoms with E-state index >= 15 is 0 Å². The van der Waals surface area contributed by atoms with Crippen molar-refractivity contribution < 1.29 is 80.2 Å². The van der Waals surface area contributed by atoms with Crippen LogP contribution in [0.1, 0.15) is 272 Å². The van der Waals surface area contributed by atoms with Gasteiger partial charge in [0.15, 0.2) is 12.2 Å². The predicted octanol–water partition coefficient (Wildman–Crippen LogP) is 23.9. The molecule has 0 saturated heterocycles. The molecule has 0 heterocycles. The Kier molecular flexibility index (Phi) is 74.1. The largest absolute Gasteiger partial charge is 0.472 e. The molecular weight excluding hydrogens is 1400 g/mol. The summed E-state index contributed by atoms with van der Waals surface area (Å²) in [5, 5.41) is 10.7. The fraction of sp³-hybridized carbons (Fsp3) is 0.573. The van der Waals surface area contributed by atoms with Crippen LogP contribution >= 0.6 is 15.6 Å². The summed E-state index contributed by atoms with van der Waals surface area (Å²) in [6.45, 7) is 4.22. The number of allylic oxidation sites excluding steroid dienone is 34. The van der Waals surface area contributed by atoms with Crippen molar-refractivity contribution in [3.05, 3.63) is 207 Å². The Balaban J connectivity index is 5.52. The maximum absolute atomic E-state index is 13.1. The lowest BCUT2D eigenvalue weighted by molar-refractivity contribution is -0.161. The maximum atomic E-state index is 13.1. The molecule has 0 fully saturated rings. The normalized spacial score (nSPS) is 14.9. The molecule has 0 spiro atoms. The maximum Gasteiger partial charge on any atom is 0.472 e. The van der Waals surface area contributed by atoms with E-state index in [-0.39, 0.29) is 25.7 Å². The molecule has 0 bridgehead atoms. The van der Waals surface area contributed by atoms with E-state index in [9.17, 15) is 43.2 Å². The van der Waals surface area contributed by atoms with E-state index < -0.39 is 97.5 Å². The summed E-state index contributed by atoms with van der Waals surface area (Å²) in [5.41, 5.74) is 0. The van der Waals surface area contributed by atoms with Crippen molar-refractivity contribution in [3.63, 3.8) is 0 Å². The molecule has 0 aliphatic carbocycles. The minimum atomic E-state index is -5.02. The first kappa shape index (κ1) is 102. The molecule has 0 radical (unpaired) electrons. The first-order valence-corrected chi connectivity index (χ1v) is 43.3. The van der Waals surface area contributed by atoms with Gasteiger partial charge in [0.25, 0.3) is 0 Å². The second kappa shape index (κ2) is 78.8. The number of carbonyl (C=O) groups excluding carboxylic acids is 4. The smallest absolute Gasteiger partial charge is 0.462 e. The molecular formula is C89H140O17P2. The number of unbranched alkanes of at least 4 members (excludes halogenated alkanes) is 13. The summed E-state index contributed by atoms with van der Waals surface area (Å²) in [7, 11) is -10.0. The third-order valence-corrected chi connectivity index (χ3v) is 17.6. The van der Waals surface area contributed by atoms with Crippen LogP contribution in [0.15, 0.2) is 207 Å². The zero-order chi connectivity index (χ0) is 78.9. The van der Waals surface area contributed by atoms with Gasteiger partial charge in [0.2, 0.25) is 0 Å². The van der Waals surface area contributed by atoms with Crippen molar-refractivity contribution in [2.75, 3.05) is 39.6 Å². The highest BCUT2D eigenvalue weighted by molar-refractivity contribution is 7.47. The Morgan fingerprint density at radius 2 is 0.463 bits per heavy atom. The highest BCUT2D eigenvalue weighted by Crippen LogP contribution is 2.45. The van der Waals surface area contributed by atoms with Crippen LogP contribution in [0.5, 0.6) is 0 Å². The Hall–Kier alpha value is -6.36. The fourth-order valence-corrected chi connectivity index (χ4v) is 11.3. The zero-order valence-electron chi connectivity index (χ0n) is 66.4. The number of esters is 4. The van der Waals surface area contributed by atoms with Gasteiger partial charge in [-0.1, -0.05) is 279 Å². The first-order chi connectivity index (χ1) is 52.7. The molecule has 0 aromatic heterocycles. The first-order valence-electron chi connectivity index (χ1n) is 40.3. The second-order valence-electron chi connectivity index (χ2n) is 25.8. The van der Waals surface area contributed by atoms with Crippen LogP contribution in [0.4, 0.5) is 0 Å². The summed E-state index contributed by atoms with van der Waals surface area (Å²) in [5.74, 6) is -2.37. The lowest BCUT2D eigenvalue weighted by Gasteiger charge is -2.21. The highest BCUT2D eigenvalue weighted by Gasteiger charge is 2.30. The third kappa shape index (κ3) is 77.8. The monoisotopic (exact) mass is 1540 g/mol. The van der Waals surface area contributed by atoms with Crippen LogP contribution in [-0.2, 0) is 65.4 Å². The highest BCUT2D eigenvalue weighted by atomic mass is 31.2.